The maximum Gasteiger partial charge on any atom is 0.306 e. The van der Waals surface area contributed by atoms with Crippen molar-refractivity contribution in [3.63, 3.8) is 0 Å². The summed E-state index contributed by atoms with van der Waals surface area (Å²) in [5.41, 5.74) is 1.83. The largest absolute Gasteiger partial charge is 0.481 e. The van der Waals surface area contributed by atoms with Gasteiger partial charge in [-0.25, -0.2) is 9.97 Å². The van der Waals surface area contributed by atoms with E-state index in [1.807, 2.05) is 19.9 Å². The van der Waals surface area contributed by atoms with E-state index in [0.717, 1.165) is 23.8 Å². The van der Waals surface area contributed by atoms with Crippen LogP contribution in [0, 0.1) is 19.8 Å². The standard InChI is InChI=1S/C12H17N3O2/c1-7-5-11(15-8(2)14-7)10-6-9(12(16)17)3-4-13-10/h5,9-10,13H,3-4,6H2,1-2H3,(H,16,17). The van der Waals surface area contributed by atoms with Crippen LogP contribution in [-0.4, -0.2) is 27.6 Å². The van der Waals surface area contributed by atoms with Gasteiger partial charge in [0.05, 0.1) is 17.7 Å². The maximum absolute atomic E-state index is 11.0. The number of hydrogen-bond donors (Lipinski definition) is 2. The predicted molar refractivity (Wildman–Crippen MR) is 62.6 cm³/mol. The first kappa shape index (κ1) is 12.0. The molecular weight excluding hydrogens is 218 g/mol. The monoisotopic (exact) mass is 235 g/mol. The summed E-state index contributed by atoms with van der Waals surface area (Å²) in [4.78, 5) is 19.6. The minimum absolute atomic E-state index is 0.0326. The molecular formula is C12H17N3O2. The third-order valence-corrected chi connectivity index (χ3v) is 3.10. The van der Waals surface area contributed by atoms with Gasteiger partial charge in [-0.1, -0.05) is 0 Å². The minimum atomic E-state index is -0.709. The molecule has 5 nitrogen and oxygen atoms in total. The molecule has 92 valence electrons. The van der Waals surface area contributed by atoms with E-state index in [1.54, 1.807) is 0 Å². The second-order valence-electron chi connectivity index (χ2n) is 4.55. The highest BCUT2D eigenvalue weighted by Crippen LogP contribution is 2.26. The van der Waals surface area contributed by atoms with Crippen LogP contribution >= 0.6 is 0 Å². The number of hydrogen-bond acceptors (Lipinski definition) is 4. The second kappa shape index (κ2) is 4.79. The van der Waals surface area contributed by atoms with Crippen molar-refractivity contribution in [1.82, 2.24) is 15.3 Å². The molecule has 1 aliphatic heterocycles. The lowest BCUT2D eigenvalue weighted by atomic mass is 9.91. The van der Waals surface area contributed by atoms with Gasteiger partial charge in [0.1, 0.15) is 5.82 Å². The number of nitrogens with zero attached hydrogens (tertiary/aromatic N) is 2. The lowest BCUT2D eigenvalue weighted by Crippen LogP contribution is -2.35. The summed E-state index contributed by atoms with van der Waals surface area (Å²) in [5.74, 6) is -0.241. The summed E-state index contributed by atoms with van der Waals surface area (Å²) in [6.45, 7) is 4.51. The normalized spacial score (nSPS) is 24.6. The van der Waals surface area contributed by atoms with E-state index < -0.39 is 5.97 Å². The molecule has 0 saturated carbocycles. The molecule has 1 saturated heterocycles. The van der Waals surface area contributed by atoms with Gasteiger partial charge in [-0.05, 0) is 39.3 Å². The van der Waals surface area contributed by atoms with Gasteiger partial charge >= 0.3 is 5.97 Å². The number of nitrogens with one attached hydrogen (secondary N) is 1. The Morgan fingerprint density at radius 3 is 2.88 bits per heavy atom. The number of aromatic nitrogens is 2. The summed E-state index contributed by atoms with van der Waals surface area (Å²) in [7, 11) is 0. The van der Waals surface area contributed by atoms with Crippen LogP contribution in [0.4, 0.5) is 0 Å². The molecule has 1 aliphatic rings. The van der Waals surface area contributed by atoms with E-state index in [9.17, 15) is 4.79 Å². The SMILES string of the molecule is Cc1cc(C2CC(C(=O)O)CCN2)nc(C)n1. The molecule has 0 spiro atoms. The lowest BCUT2D eigenvalue weighted by Gasteiger charge is -2.27. The zero-order chi connectivity index (χ0) is 12.4. The van der Waals surface area contributed by atoms with Crippen LogP contribution in [0.25, 0.3) is 0 Å². The highest BCUT2D eigenvalue weighted by atomic mass is 16.4. The molecule has 1 aromatic heterocycles. The quantitative estimate of drug-likeness (QED) is 0.806. The topological polar surface area (TPSA) is 75.1 Å². The molecule has 2 heterocycles. The van der Waals surface area contributed by atoms with Gasteiger partial charge in [0, 0.05) is 5.69 Å². The Labute approximate surface area is 100 Å². The van der Waals surface area contributed by atoms with Gasteiger partial charge in [0.2, 0.25) is 0 Å². The van der Waals surface area contributed by atoms with Crippen molar-refractivity contribution >= 4 is 5.97 Å². The average molecular weight is 235 g/mol. The molecule has 0 amide bonds. The van der Waals surface area contributed by atoms with Crippen LogP contribution in [-0.2, 0) is 4.79 Å². The van der Waals surface area contributed by atoms with E-state index >= 15 is 0 Å². The van der Waals surface area contributed by atoms with Gasteiger partial charge < -0.3 is 10.4 Å². The molecule has 17 heavy (non-hydrogen) atoms. The van der Waals surface area contributed by atoms with Crippen LogP contribution in [0.5, 0.6) is 0 Å². The number of carboxylic acids is 1. The van der Waals surface area contributed by atoms with Crippen LogP contribution in [0.3, 0.4) is 0 Å². The molecule has 2 atom stereocenters. The minimum Gasteiger partial charge on any atom is -0.481 e. The second-order valence-corrected chi connectivity index (χ2v) is 4.55. The van der Waals surface area contributed by atoms with E-state index in [0.29, 0.717) is 12.8 Å². The molecule has 2 unspecified atom stereocenters. The van der Waals surface area contributed by atoms with Crippen molar-refractivity contribution in [2.45, 2.75) is 32.7 Å². The Hall–Kier alpha value is -1.49. The predicted octanol–water partition coefficient (Wildman–Crippen LogP) is 1.22. The first-order chi connectivity index (χ1) is 8.06. The fraction of sp³-hybridized carbons (Fsp3) is 0.583. The number of carboxylic acid groups (broad SMARTS) is 1. The summed E-state index contributed by atoms with van der Waals surface area (Å²) in [5, 5.41) is 12.4. The summed E-state index contributed by atoms with van der Waals surface area (Å²) >= 11 is 0. The Morgan fingerprint density at radius 1 is 1.47 bits per heavy atom. The zero-order valence-electron chi connectivity index (χ0n) is 10.1. The van der Waals surface area contributed by atoms with E-state index in [2.05, 4.69) is 15.3 Å². The number of aliphatic carboxylic acids is 1. The molecule has 0 radical (unpaired) electrons. The van der Waals surface area contributed by atoms with Gasteiger partial charge in [0.15, 0.2) is 0 Å². The Morgan fingerprint density at radius 2 is 2.24 bits per heavy atom. The molecule has 2 N–H and O–H groups in total. The van der Waals surface area contributed by atoms with Crippen molar-refractivity contribution in [2.75, 3.05) is 6.54 Å². The van der Waals surface area contributed by atoms with Gasteiger partial charge in [-0.15, -0.1) is 0 Å². The fourth-order valence-corrected chi connectivity index (χ4v) is 2.29. The molecule has 1 aromatic rings. The zero-order valence-corrected chi connectivity index (χ0v) is 10.1. The van der Waals surface area contributed by atoms with Gasteiger partial charge in [-0.2, -0.15) is 0 Å². The number of carbonyl (C=O) groups is 1. The van der Waals surface area contributed by atoms with Crippen molar-refractivity contribution in [3.05, 3.63) is 23.3 Å². The molecule has 0 bridgehead atoms. The fourth-order valence-electron chi connectivity index (χ4n) is 2.29. The first-order valence-corrected chi connectivity index (χ1v) is 5.84. The van der Waals surface area contributed by atoms with Crippen LogP contribution in [0.2, 0.25) is 0 Å². The Kier molecular flexibility index (Phi) is 3.38. The average Bonchev–Trinajstić information content (AvgIpc) is 2.28. The van der Waals surface area contributed by atoms with Crippen molar-refractivity contribution in [2.24, 2.45) is 5.92 Å². The first-order valence-electron chi connectivity index (χ1n) is 5.84. The Balaban J connectivity index is 2.18. The summed E-state index contributed by atoms with van der Waals surface area (Å²) in [6.07, 6.45) is 1.29. The van der Waals surface area contributed by atoms with E-state index in [4.69, 9.17) is 5.11 Å². The van der Waals surface area contributed by atoms with Crippen molar-refractivity contribution < 1.29 is 9.90 Å². The lowest BCUT2D eigenvalue weighted by molar-refractivity contribution is -0.143. The number of piperidine rings is 1. The van der Waals surface area contributed by atoms with Crippen LogP contribution in [0.15, 0.2) is 6.07 Å². The molecule has 5 heteroatoms. The van der Waals surface area contributed by atoms with Gasteiger partial charge in [0.25, 0.3) is 0 Å². The number of aryl methyl sites for hydroxylation is 2. The molecule has 1 fully saturated rings. The van der Waals surface area contributed by atoms with E-state index in [1.165, 1.54) is 0 Å². The van der Waals surface area contributed by atoms with Crippen molar-refractivity contribution in [3.8, 4) is 0 Å². The smallest absolute Gasteiger partial charge is 0.306 e. The third-order valence-electron chi connectivity index (χ3n) is 3.10. The van der Waals surface area contributed by atoms with E-state index in [-0.39, 0.29) is 12.0 Å². The summed E-state index contributed by atoms with van der Waals surface area (Å²) < 4.78 is 0. The number of rotatable bonds is 2. The highest BCUT2D eigenvalue weighted by molar-refractivity contribution is 5.70. The van der Waals surface area contributed by atoms with Crippen LogP contribution < -0.4 is 5.32 Å². The highest BCUT2D eigenvalue weighted by Gasteiger charge is 2.28. The maximum atomic E-state index is 11.0. The summed E-state index contributed by atoms with van der Waals surface area (Å²) in [6, 6.07) is 1.96. The molecule has 2 rings (SSSR count). The molecule has 0 aromatic carbocycles. The molecule has 0 aliphatic carbocycles. The van der Waals surface area contributed by atoms with Gasteiger partial charge in [-0.3, -0.25) is 4.79 Å². The van der Waals surface area contributed by atoms with Crippen molar-refractivity contribution in [1.29, 1.82) is 0 Å². The Bertz CT molecular complexity index is 414. The van der Waals surface area contributed by atoms with Crippen LogP contribution in [0.1, 0.15) is 36.1 Å². The third kappa shape index (κ3) is 2.79.